The fourth-order valence-electron chi connectivity index (χ4n) is 2.48. The van der Waals surface area contributed by atoms with Gasteiger partial charge in [0.05, 0.1) is 0 Å². The van der Waals surface area contributed by atoms with E-state index < -0.39 is 21.4 Å². The monoisotopic (exact) mass is 311 g/mol. The zero-order chi connectivity index (χ0) is 15.5. The van der Waals surface area contributed by atoms with Crippen LogP contribution in [-0.4, -0.2) is 38.9 Å². The van der Waals surface area contributed by atoms with Crippen LogP contribution in [-0.2, 0) is 10.0 Å². The number of sulfonamides is 1. The molecule has 1 aromatic carbocycles. The molecular weight excluding hydrogens is 293 g/mol. The summed E-state index contributed by atoms with van der Waals surface area (Å²) in [5.41, 5.74) is -0.430. The lowest BCUT2D eigenvalue weighted by Crippen LogP contribution is -2.44. The lowest BCUT2D eigenvalue weighted by atomic mass is 10.1. The molecule has 5 nitrogen and oxygen atoms in total. The molecule has 1 N–H and O–H groups in total. The summed E-state index contributed by atoms with van der Waals surface area (Å²) >= 11 is 0. The van der Waals surface area contributed by atoms with Crippen LogP contribution in [0.4, 0.5) is 4.39 Å². The number of nitrogens with zero attached hydrogens (tertiary/aromatic N) is 2. The first-order chi connectivity index (χ1) is 9.96. The number of halogens is 1. The van der Waals surface area contributed by atoms with Gasteiger partial charge in [-0.3, -0.25) is 0 Å². The Bertz CT molecular complexity index is 649. The summed E-state index contributed by atoms with van der Waals surface area (Å²) in [4.78, 5) is -0.275. The Morgan fingerprint density at radius 1 is 1.48 bits per heavy atom. The van der Waals surface area contributed by atoms with E-state index in [4.69, 9.17) is 5.26 Å². The van der Waals surface area contributed by atoms with Crippen molar-refractivity contribution < 1.29 is 12.8 Å². The van der Waals surface area contributed by atoms with E-state index in [-0.39, 0.29) is 10.9 Å². The minimum Gasteiger partial charge on any atom is -0.313 e. The number of rotatable bonds is 4. The van der Waals surface area contributed by atoms with Crippen molar-refractivity contribution >= 4 is 10.0 Å². The Balaban J connectivity index is 2.25. The van der Waals surface area contributed by atoms with Crippen LogP contribution in [0.25, 0.3) is 0 Å². The van der Waals surface area contributed by atoms with Crippen molar-refractivity contribution in [1.82, 2.24) is 9.62 Å². The second kappa shape index (κ2) is 6.52. The SMILES string of the molecule is CN(CC1CCCCN1)S(=O)(=O)c1cccc(F)c1C#N. The molecule has 21 heavy (non-hydrogen) atoms. The summed E-state index contributed by atoms with van der Waals surface area (Å²) < 4.78 is 39.8. The van der Waals surface area contributed by atoms with Crippen molar-refractivity contribution in [2.75, 3.05) is 20.1 Å². The molecule has 0 spiro atoms. The number of piperidine rings is 1. The van der Waals surface area contributed by atoms with Crippen LogP contribution in [0.15, 0.2) is 23.1 Å². The number of benzene rings is 1. The predicted octanol–water partition coefficient (Wildman–Crippen LogP) is 1.46. The molecular formula is C14H18FN3O2S. The third-order valence-corrected chi connectivity index (χ3v) is 5.53. The fraction of sp³-hybridized carbons (Fsp3) is 0.500. The molecule has 1 saturated heterocycles. The van der Waals surface area contributed by atoms with E-state index in [2.05, 4.69) is 5.32 Å². The summed E-state index contributed by atoms with van der Waals surface area (Å²) in [5.74, 6) is -0.817. The lowest BCUT2D eigenvalue weighted by molar-refractivity contribution is 0.337. The van der Waals surface area contributed by atoms with Crippen molar-refractivity contribution in [3.8, 4) is 6.07 Å². The molecule has 1 aliphatic heterocycles. The average molecular weight is 311 g/mol. The molecule has 0 saturated carbocycles. The summed E-state index contributed by atoms with van der Waals surface area (Å²) in [6, 6.07) is 5.38. The fourth-order valence-corrected chi connectivity index (χ4v) is 3.85. The maximum Gasteiger partial charge on any atom is 0.244 e. The quantitative estimate of drug-likeness (QED) is 0.913. The van der Waals surface area contributed by atoms with Gasteiger partial charge < -0.3 is 5.32 Å². The number of nitrogens with one attached hydrogen (secondary N) is 1. The van der Waals surface area contributed by atoms with Crippen LogP contribution in [0.3, 0.4) is 0 Å². The Morgan fingerprint density at radius 3 is 2.86 bits per heavy atom. The van der Waals surface area contributed by atoms with Gasteiger partial charge in [-0.05, 0) is 31.5 Å². The highest BCUT2D eigenvalue weighted by Crippen LogP contribution is 2.22. The molecule has 1 aliphatic rings. The smallest absolute Gasteiger partial charge is 0.244 e. The van der Waals surface area contributed by atoms with Gasteiger partial charge in [0.15, 0.2) is 0 Å². The van der Waals surface area contributed by atoms with Crippen molar-refractivity contribution in [1.29, 1.82) is 5.26 Å². The van der Waals surface area contributed by atoms with E-state index in [1.54, 1.807) is 6.07 Å². The maximum atomic E-state index is 13.6. The van der Waals surface area contributed by atoms with E-state index in [1.807, 2.05) is 0 Å². The molecule has 114 valence electrons. The van der Waals surface area contributed by atoms with E-state index in [1.165, 1.54) is 23.5 Å². The van der Waals surface area contributed by atoms with E-state index in [9.17, 15) is 12.8 Å². The Labute approximate surface area is 124 Å². The zero-order valence-electron chi connectivity index (χ0n) is 11.8. The summed E-state index contributed by atoms with van der Waals surface area (Å²) in [7, 11) is -2.42. The molecule has 1 atom stereocenters. The second-order valence-corrected chi connectivity index (χ2v) is 7.17. The third kappa shape index (κ3) is 3.40. The van der Waals surface area contributed by atoms with Gasteiger partial charge in [-0.25, -0.2) is 12.8 Å². The Kier molecular flexibility index (Phi) is 4.93. The molecule has 1 heterocycles. The van der Waals surface area contributed by atoms with Gasteiger partial charge in [-0.1, -0.05) is 12.5 Å². The van der Waals surface area contributed by atoms with Crippen LogP contribution >= 0.6 is 0 Å². The molecule has 7 heteroatoms. The minimum absolute atomic E-state index is 0.0950. The maximum absolute atomic E-state index is 13.6. The van der Waals surface area contributed by atoms with Crippen molar-refractivity contribution in [3.63, 3.8) is 0 Å². The van der Waals surface area contributed by atoms with Crippen LogP contribution in [0, 0.1) is 17.1 Å². The standard InChI is InChI=1S/C14H18FN3O2S/c1-18(10-11-5-2-3-8-17-11)21(19,20)14-7-4-6-13(15)12(14)9-16/h4,6-7,11,17H,2-3,5,8,10H2,1H3. The summed E-state index contributed by atoms with van der Waals surface area (Å²) in [5, 5.41) is 12.2. The third-order valence-electron chi connectivity index (χ3n) is 3.67. The van der Waals surface area contributed by atoms with E-state index in [0.29, 0.717) is 6.54 Å². The van der Waals surface area contributed by atoms with Gasteiger partial charge in [0.1, 0.15) is 22.3 Å². The van der Waals surface area contributed by atoms with Gasteiger partial charge in [-0.2, -0.15) is 9.57 Å². The zero-order valence-corrected chi connectivity index (χ0v) is 12.7. The van der Waals surface area contributed by atoms with Crippen LogP contribution < -0.4 is 5.32 Å². The lowest BCUT2D eigenvalue weighted by Gasteiger charge is -2.28. The van der Waals surface area contributed by atoms with Crippen molar-refractivity contribution in [3.05, 3.63) is 29.6 Å². The molecule has 1 fully saturated rings. The molecule has 1 aromatic rings. The second-order valence-electron chi connectivity index (χ2n) is 5.16. The average Bonchev–Trinajstić information content (AvgIpc) is 2.48. The largest absolute Gasteiger partial charge is 0.313 e. The predicted molar refractivity (Wildman–Crippen MR) is 76.6 cm³/mol. The topological polar surface area (TPSA) is 73.2 Å². The van der Waals surface area contributed by atoms with Gasteiger partial charge in [0, 0.05) is 19.6 Å². The first kappa shape index (κ1) is 15.9. The number of hydrogen-bond acceptors (Lipinski definition) is 4. The minimum atomic E-state index is -3.87. The highest BCUT2D eigenvalue weighted by molar-refractivity contribution is 7.89. The number of likely N-dealkylation sites (N-methyl/N-ethyl adjacent to an activating group) is 1. The van der Waals surface area contributed by atoms with Gasteiger partial charge in [0.25, 0.3) is 0 Å². The summed E-state index contributed by atoms with van der Waals surface area (Å²) in [6.45, 7) is 1.19. The summed E-state index contributed by atoms with van der Waals surface area (Å²) in [6.07, 6.45) is 3.07. The van der Waals surface area contributed by atoms with E-state index >= 15 is 0 Å². The Morgan fingerprint density at radius 2 is 2.24 bits per heavy atom. The molecule has 2 rings (SSSR count). The normalized spacial score (nSPS) is 19.4. The molecule has 0 amide bonds. The van der Waals surface area contributed by atoms with Gasteiger partial charge in [0.2, 0.25) is 10.0 Å². The Hall–Kier alpha value is -1.49. The van der Waals surface area contributed by atoms with Crippen LogP contribution in [0.1, 0.15) is 24.8 Å². The highest BCUT2D eigenvalue weighted by atomic mass is 32.2. The molecule has 0 aliphatic carbocycles. The molecule has 1 unspecified atom stereocenters. The first-order valence-electron chi connectivity index (χ1n) is 6.85. The van der Waals surface area contributed by atoms with Crippen LogP contribution in [0.5, 0.6) is 0 Å². The van der Waals surface area contributed by atoms with Gasteiger partial charge in [-0.15, -0.1) is 0 Å². The number of hydrogen-bond donors (Lipinski definition) is 1. The van der Waals surface area contributed by atoms with Crippen molar-refractivity contribution in [2.24, 2.45) is 0 Å². The number of nitriles is 1. The van der Waals surface area contributed by atoms with Crippen LogP contribution in [0.2, 0.25) is 0 Å². The first-order valence-corrected chi connectivity index (χ1v) is 8.29. The van der Waals surface area contributed by atoms with E-state index in [0.717, 1.165) is 31.9 Å². The van der Waals surface area contributed by atoms with Gasteiger partial charge >= 0.3 is 0 Å². The molecule has 0 radical (unpaired) electrons. The van der Waals surface area contributed by atoms with Crippen molar-refractivity contribution in [2.45, 2.75) is 30.2 Å². The molecule has 0 bridgehead atoms. The molecule has 0 aromatic heterocycles. The highest BCUT2D eigenvalue weighted by Gasteiger charge is 2.28.